The van der Waals surface area contributed by atoms with Gasteiger partial charge in [-0.1, -0.05) is 0 Å². The number of nitrogens with zero attached hydrogens (tertiary/aromatic N) is 2. The maximum atomic E-state index is 13.1. The second kappa shape index (κ2) is 5.11. The molecule has 1 spiro atoms. The van der Waals surface area contributed by atoms with E-state index in [-0.39, 0.29) is 17.3 Å². The summed E-state index contributed by atoms with van der Waals surface area (Å²) in [5, 5.41) is 0. The van der Waals surface area contributed by atoms with E-state index in [1.807, 2.05) is 0 Å². The topological polar surface area (TPSA) is 50.3 Å². The van der Waals surface area contributed by atoms with Crippen LogP contribution >= 0.6 is 0 Å². The molecule has 0 radical (unpaired) electrons. The van der Waals surface area contributed by atoms with E-state index in [0.717, 1.165) is 12.5 Å². The number of halogens is 3. The Balaban J connectivity index is 1.91. The standard InChI is InChI=1S/C14H17F3N2O2S/c15-14(16,17)11-3-1-6-18-12(11)19-7-2-4-13(9-19)5-8-22(20,21)10-13/h1,3,6H,2,4-5,7-10H2. The van der Waals surface area contributed by atoms with Crippen LogP contribution in [0.5, 0.6) is 0 Å². The number of alkyl halides is 3. The predicted octanol–water partition coefficient (Wildman–Crippen LogP) is 2.51. The summed E-state index contributed by atoms with van der Waals surface area (Å²) in [6.07, 6.45) is -1.16. The Kier molecular flexibility index (Phi) is 3.62. The van der Waals surface area contributed by atoms with Crippen molar-refractivity contribution in [2.75, 3.05) is 29.5 Å². The van der Waals surface area contributed by atoms with Crippen LogP contribution in [0, 0.1) is 5.41 Å². The molecule has 0 saturated carbocycles. The summed E-state index contributed by atoms with van der Waals surface area (Å²) in [4.78, 5) is 5.52. The first-order chi connectivity index (χ1) is 10.2. The molecule has 2 saturated heterocycles. The van der Waals surface area contributed by atoms with Gasteiger partial charge < -0.3 is 4.90 Å². The fourth-order valence-electron chi connectivity index (χ4n) is 3.56. The summed E-state index contributed by atoms with van der Waals surface area (Å²) in [6.45, 7) is 0.800. The summed E-state index contributed by atoms with van der Waals surface area (Å²) in [7, 11) is -3.07. The Morgan fingerprint density at radius 3 is 2.68 bits per heavy atom. The number of anilines is 1. The van der Waals surface area contributed by atoms with Crippen molar-refractivity contribution < 1.29 is 21.6 Å². The van der Waals surface area contributed by atoms with Crippen molar-refractivity contribution in [2.24, 2.45) is 5.41 Å². The number of pyridine rings is 1. The molecule has 2 aliphatic heterocycles. The number of piperidine rings is 1. The zero-order chi connectivity index (χ0) is 16.0. The van der Waals surface area contributed by atoms with Crippen LogP contribution in [0.25, 0.3) is 0 Å². The molecule has 0 aromatic carbocycles. The highest BCUT2D eigenvalue weighted by atomic mass is 32.2. The van der Waals surface area contributed by atoms with Gasteiger partial charge in [0.25, 0.3) is 0 Å². The maximum Gasteiger partial charge on any atom is 0.419 e. The molecule has 1 aromatic rings. The number of rotatable bonds is 1. The van der Waals surface area contributed by atoms with E-state index in [1.165, 1.54) is 12.3 Å². The SMILES string of the molecule is O=S1(=O)CCC2(CCCN(c3ncccc3C(F)(F)F)C2)C1. The van der Waals surface area contributed by atoms with Crippen molar-refractivity contribution in [3.8, 4) is 0 Å². The van der Waals surface area contributed by atoms with E-state index in [4.69, 9.17) is 0 Å². The second-order valence-corrected chi connectivity index (χ2v) is 8.42. The van der Waals surface area contributed by atoms with Crippen molar-refractivity contribution in [3.05, 3.63) is 23.9 Å². The zero-order valence-corrected chi connectivity index (χ0v) is 12.8. The normalized spacial score (nSPS) is 28.2. The molecule has 0 amide bonds. The van der Waals surface area contributed by atoms with Gasteiger partial charge in [-0.15, -0.1) is 0 Å². The number of sulfone groups is 1. The molecule has 3 heterocycles. The van der Waals surface area contributed by atoms with Crippen LogP contribution in [0.3, 0.4) is 0 Å². The van der Waals surface area contributed by atoms with Gasteiger partial charge in [-0.3, -0.25) is 0 Å². The molecular formula is C14H17F3N2O2S. The van der Waals surface area contributed by atoms with Crippen LogP contribution in [0.1, 0.15) is 24.8 Å². The lowest BCUT2D eigenvalue weighted by Crippen LogP contribution is -2.45. The molecule has 22 heavy (non-hydrogen) atoms. The first-order valence-electron chi connectivity index (χ1n) is 7.19. The monoisotopic (exact) mass is 334 g/mol. The lowest BCUT2D eigenvalue weighted by Gasteiger charge is -2.41. The highest BCUT2D eigenvalue weighted by molar-refractivity contribution is 7.91. The molecule has 0 N–H and O–H groups in total. The molecule has 0 aliphatic carbocycles. The van der Waals surface area contributed by atoms with Crippen LogP contribution in [-0.4, -0.2) is 38.0 Å². The molecule has 1 atom stereocenters. The van der Waals surface area contributed by atoms with Gasteiger partial charge in [0.05, 0.1) is 17.1 Å². The van der Waals surface area contributed by atoms with E-state index in [2.05, 4.69) is 4.98 Å². The fourth-order valence-corrected chi connectivity index (χ4v) is 5.76. The zero-order valence-electron chi connectivity index (χ0n) is 11.9. The minimum absolute atomic E-state index is 0.0741. The first kappa shape index (κ1) is 15.6. The Morgan fingerprint density at radius 1 is 1.27 bits per heavy atom. The smallest absolute Gasteiger partial charge is 0.356 e. The Labute approximate surface area is 127 Å². The van der Waals surface area contributed by atoms with Crippen LogP contribution in [-0.2, 0) is 16.0 Å². The van der Waals surface area contributed by atoms with Gasteiger partial charge in [-0.25, -0.2) is 13.4 Å². The van der Waals surface area contributed by atoms with Crippen LogP contribution in [0.15, 0.2) is 18.3 Å². The molecule has 8 heteroatoms. The molecule has 122 valence electrons. The van der Waals surface area contributed by atoms with E-state index < -0.39 is 27.0 Å². The van der Waals surface area contributed by atoms with E-state index in [9.17, 15) is 21.6 Å². The molecule has 3 rings (SSSR count). The summed E-state index contributed by atoms with van der Waals surface area (Å²) < 4.78 is 62.9. The third-order valence-electron chi connectivity index (χ3n) is 4.52. The maximum absolute atomic E-state index is 13.1. The Bertz CT molecular complexity index is 675. The largest absolute Gasteiger partial charge is 0.419 e. The quantitative estimate of drug-likeness (QED) is 0.792. The Hall–Kier alpha value is -1.31. The van der Waals surface area contributed by atoms with E-state index in [1.54, 1.807) is 4.90 Å². The van der Waals surface area contributed by atoms with Crippen molar-refractivity contribution in [1.82, 2.24) is 4.98 Å². The summed E-state index contributed by atoms with van der Waals surface area (Å²) >= 11 is 0. The second-order valence-electron chi connectivity index (χ2n) is 6.24. The predicted molar refractivity (Wildman–Crippen MR) is 76.4 cm³/mol. The van der Waals surface area contributed by atoms with Crippen molar-refractivity contribution in [1.29, 1.82) is 0 Å². The molecular weight excluding hydrogens is 317 g/mol. The van der Waals surface area contributed by atoms with Crippen LogP contribution in [0.2, 0.25) is 0 Å². The van der Waals surface area contributed by atoms with Crippen molar-refractivity contribution >= 4 is 15.7 Å². The molecule has 0 bridgehead atoms. The van der Waals surface area contributed by atoms with E-state index in [0.29, 0.717) is 25.9 Å². The van der Waals surface area contributed by atoms with Crippen molar-refractivity contribution in [3.63, 3.8) is 0 Å². The van der Waals surface area contributed by atoms with Gasteiger partial charge in [0, 0.05) is 24.7 Å². The average Bonchev–Trinajstić information content (AvgIpc) is 2.73. The molecule has 1 unspecified atom stereocenters. The highest BCUT2D eigenvalue weighted by Crippen LogP contribution is 2.43. The summed E-state index contributed by atoms with van der Waals surface area (Å²) in [5.41, 5.74) is -1.18. The van der Waals surface area contributed by atoms with Crippen molar-refractivity contribution in [2.45, 2.75) is 25.4 Å². The fraction of sp³-hybridized carbons (Fsp3) is 0.643. The van der Waals surface area contributed by atoms with Gasteiger partial charge in [0.15, 0.2) is 9.84 Å². The third kappa shape index (κ3) is 2.93. The van der Waals surface area contributed by atoms with E-state index >= 15 is 0 Å². The minimum atomic E-state index is -4.46. The molecule has 1 aromatic heterocycles. The van der Waals surface area contributed by atoms with Crippen LogP contribution < -0.4 is 4.90 Å². The van der Waals surface area contributed by atoms with Gasteiger partial charge in [0.1, 0.15) is 5.82 Å². The number of hydrogen-bond acceptors (Lipinski definition) is 4. The summed E-state index contributed by atoms with van der Waals surface area (Å²) in [5.74, 6) is 0.123. The van der Waals surface area contributed by atoms with Gasteiger partial charge in [0.2, 0.25) is 0 Å². The average molecular weight is 334 g/mol. The molecule has 2 fully saturated rings. The lowest BCUT2D eigenvalue weighted by atomic mass is 9.79. The number of aromatic nitrogens is 1. The molecule has 4 nitrogen and oxygen atoms in total. The first-order valence-corrected chi connectivity index (χ1v) is 9.01. The summed E-state index contributed by atoms with van der Waals surface area (Å²) in [6, 6.07) is 2.29. The highest BCUT2D eigenvalue weighted by Gasteiger charge is 2.46. The molecule has 2 aliphatic rings. The minimum Gasteiger partial charge on any atom is -0.356 e. The third-order valence-corrected chi connectivity index (χ3v) is 6.40. The Morgan fingerprint density at radius 2 is 2.05 bits per heavy atom. The van der Waals surface area contributed by atoms with Gasteiger partial charge >= 0.3 is 6.18 Å². The van der Waals surface area contributed by atoms with Gasteiger partial charge in [-0.2, -0.15) is 13.2 Å². The number of hydrogen-bond donors (Lipinski definition) is 0. The van der Waals surface area contributed by atoms with Crippen LogP contribution in [0.4, 0.5) is 19.0 Å². The van der Waals surface area contributed by atoms with Gasteiger partial charge in [-0.05, 0) is 31.4 Å². The lowest BCUT2D eigenvalue weighted by molar-refractivity contribution is -0.137.